The van der Waals surface area contributed by atoms with Gasteiger partial charge in [0.15, 0.2) is 16.6 Å². The number of hydrogen-bond acceptors (Lipinski definition) is 8. The number of ether oxygens (including phenoxy) is 2. The van der Waals surface area contributed by atoms with Crippen LogP contribution in [0.5, 0.6) is 0 Å². The van der Waals surface area contributed by atoms with E-state index >= 15 is 0 Å². The zero-order chi connectivity index (χ0) is 29.3. The van der Waals surface area contributed by atoms with E-state index in [1.54, 1.807) is 0 Å². The van der Waals surface area contributed by atoms with Gasteiger partial charge in [0.25, 0.3) is 0 Å². The van der Waals surface area contributed by atoms with E-state index in [-0.39, 0.29) is 35.0 Å². The zero-order valence-electron chi connectivity index (χ0n) is 25.1. The molecule has 0 aromatic carbocycles. The molecule has 0 saturated carbocycles. The summed E-state index contributed by atoms with van der Waals surface area (Å²) in [4.78, 5) is 40.3. The van der Waals surface area contributed by atoms with Crippen molar-refractivity contribution in [3.05, 3.63) is 22.7 Å². The highest BCUT2D eigenvalue weighted by molar-refractivity contribution is 6.74. The second-order valence-electron chi connectivity index (χ2n) is 13.1. The van der Waals surface area contributed by atoms with Gasteiger partial charge in [-0.1, -0.05) is 41.5 Å². The lowest BCUT2D eigenvalue weighted by Crippen LogP contribution is -2.50. The number of rotatable bonds is 9. The normalized spacial score (nSPS) is 22.8. The van der Waals surface area contributed by atoms with Crippen LogP contribution in [0.1, 0.15) is 61.6 Å². The summed E-state index contributed by atoms with van der Waals surface area (Å²) in [6, 6.07) is 1.54. The third kappa shape index (κ3) is 7.84. The van der Waals surface area contributed by atoms with Crippen molar-refractivity contribution in [2.75, 3.05) is 18.5 Å². The fourth-order valence-corrected chi connectivity index (χ4v) is 6.01. The quantitative estimate of drug-likeness (QED) is 0.336. The van der Waals surface area contributed by atoms with E-state index in [0.29, 0.717) is 0 Å². The van der Waals surface area contributed by atoms with Gasteiger partial charge in [-0.05, 0) is 42.3 Å². The van der Waals surface area contributed by atoms with Gasteiger partial charge in [-0.3, -0.25) is 14.2 Å². The summed E-state index contributed by atoms with van der Waals surface area (Å²) in [5.41, 5.74) is -0.592. The molecule has 2 rings (SSSR count). The molecule has 0 aliphatic carbocycles. The first-order chi connectivity index (χ1) is 17.2. The Bertz CT molecular complexity index is 1060. The Morgan fingerprint density at radius 3 is 2.08 bits per heavy atom. The van der Waals surface area contributed by atoms with Crippen molar-refractivity contribution >= 4 is 34.3 Å². The van der Waals surface area contributed by atoms with E-state index < -0.39 is 52.6 Å². The lowest BCUT2D eigenvalue weighted by molar-refractivity contribution is -0.144. The van der Waals surface area contributed by atoms with Gasteiger partial charge in [0.2, 0.25) is 5.91 Å². The second kappa shape index (κ2) is 11.7. The third-order valence-electron chi connectivity index (χ3n) is 8.01. The summed E-state index contributed by atoms with van der Waals surface area (Å²) in [5.74, 6) is -1.08. The summed E-state index contributed by atoms with van der Waals surface area (Å²) in [6.07, 6.45) is -0.242. The Balaban J connectivity index is 2.54. The van der Waals surface area contributed by atoms with Crippen LogP contribution in [-0.4, -0.2) is 63.5 Å². The smallest absolute Gasteiger partial charge is 0.351 e. The minimum absolute atomic E-state index is 0.00165. The summed E-state index contributed by atoms with van der Waals surface area (Å²) < 4.78 is 26.8. The number of carbonyl (C=O) groups is 2. The third-order valence-corrected chi connectivity index (χ3v) is 17.0. The fraction of sp³-hybridized carbons (Fsp3) is 0.769. The van der Waals surface area contributed by atoms with Crippen LogP contribution in [0.2, 0.25) is 36.3 Å². The predicted octanol–water partition coefficient (Wildman–Crippen LogP) is 4.69. The van der Waals surface area contributed by atoms with Crippen LogP contribution in [-0.2, 0) is 27.9 Å². The summed E-state index contributed by atoms with van der Waals surface area (Å²) >= 11 is 0. The second-order valence-corrected chi connectivity index (χ2v) is 22.7. The lowest BCUT2D eigenvalue weighted by atomic mass is 10.0. The Morgan fingerprint density at radius 1 is 1.03 bits per heavy atom. The van der Waals surface area contributed by atoms with Crippen LogP contribution in [0.25, 0.3) is 0 Å². The van der Waals surface area contributed by atoms with Crippen LogP contribution >= 0.6 is 0 Å². The maximum atomic E-state index is 13.1. The van der Waals surface area contributed by atoms with Crippen LogP contribution in [0, 0.1) is 5.92 Å². The molecule has 0 bridgehead atoms. The summed E-state index contributed by atoms with van der Waals surface area (Å²) in [7, 11) is -4.43. The SMILES string of the molecule is CC(=O)Nc1ccn([C@@H]2O[C@H](CO[Si](C)(C)C(C)(C)C)[C@@H](O[Si](C)(C)C(C)(C)C)[C@H]2COC(C)=O)c(=O)n1. The molecule has 12 heteroatoms. The molecule has 2 heterocycles. The number of anilines is 1. The van der Waals surface area contributed by atoms with E-state index in [0.717, 1.165) is 0 Å². The maximum absolute atomic E-state index is 13.1. The predicted molar refractivity (Wildman–Crippen MR) is 152 cm³/mol. The molecule has 1 aromatic heterocycles. The Kier molecular flexibility index (Phi) is 9.96. The number of nitrogens with one attached hydrogen (secondary N) is 1. The van der Waals surface area contributed by atoms with Crippen molar-refractivity contribution in [3.8, 4) is 0 Å². The Hall–Kier alpha value is -1.87. The molecular weight excluding hydrogens is 522 g/mol. The number of nitrogens with zero attached hydrogens (tertiary/aromatic N) is 2. The molecule has 4 atom stereocenters. The molecule has 0 radical (unpaired) electrons. The fourth-order valence-electron chi connectivity index (χ4n) is 3.64. The molecule has 1 saturated heterocycles. The van der Waals surface area contributed by atoms with Crippen LogP contribution in [0.3, 0.4) is 0 Å². The van der Waals surface area contributed by atoms with Gasteiger partial charge >= 0.3 is 11.7 Å². The van der Waals surface area contributed by atoms with Crippen molar-refractivity contribution in [2.24, 2.45) is 5.92 Å². The van der Waals surface area contributed by atoms with E-state index in [4.69, 9.17) is 18.3 Å². The van der Waals surface area contributed by atoms with Crippen LogP contribution in [0.15, 0.2) is 17.1 Å². The molecule has 1 aliphatic heterocycles. The zero-order valence-corrected chi connectivity index (χ0v) is 27.1. The number of esters is 1. The number of aromatic nitrogens is 2. The number of carbonyl (C=O) groups excluding carboxylic acids is 2. The van der Waals surface area contributed by atoms with Crippen molar-refractivity contribution in [3.63, 3.8) is 0 Å². The molecule has 1 N–H and O–H groups in total. The van der Waals surface area contributed by atoms with E-state index in [1.165, 1.54) is 30.7 Å². The molecule has 1 aromatic rings. The molecule has 38 heavy (non-hydrogen) atoms. The van der Waals surface area contributed by atoms with E-state index in [1.807, 2.05) is 0 Å². The maximum Gasteiger partial charge on any atom is 0.351 e. The Morgan fingerprint density at radius 2 is 1.61 bits per heavy atom. The van der Waals surface area contributed by atoms with Crippen LogP contribution in [0.4, 0.5) is 5.82 Å². The van der Waals surface area contributed by atoms with Crippen molar-refractivity contribution in [2.45, 2.75) is 110 Å². The van der Waals surface area contributed by atoms with Crippen molar-refractivity contribution in [1.29, 1.82) is 0 Å². The molecule has 0 spiro atoms. The van der Waals surface area contributed by atoms with Gasteiger partial charge in [-0.2, -0.15) is 4.98 Å². The van der Waals surface area contributed by atoms with Crippen molar-refractivity contribution in [1.82, 2.24) is 9.55 Å². The summed E-state index contributed by atoms with van der Waals surface area (Å²) in [6.45, 7) is 24.6. The minimum atomic E-state index is -2.31. The van der Waals surface area contributed by atoms with Gasteiger partial charge in [0, 0.05) is 20.0 Å². The topological polar surface area (TPSA) is 118 Å². The number of hydrogen-bond donors (Lipinski definition) is 1. The average Bonchev–Trinajstić information content (AvgIpc) is 3.05. The first kappa shape index (κ1) is 32.3. The monoisotopic (exact) mass is 569 g/mol. The lowest BCUT2D eigenvalue weighted by Gasteiger charge is -2.41. The molecule has 1 amide bonds. The molecule has 0 unspecified atom stereocenters. The molecular formula is C26H47N3O7Si2. The Labute approximate surface area is 229 Å². The molecule has 1 aliphatic rings. The highest BCUT2D eigenvalue weighted by Crippen LogP contribution is 2.44. The van der Waals surface area contributed by atoms with Gasteiger partial charge in [0.05, 0.1) is 18.6 Å². The van der Waals surface area contributed by atoms with Gasteiger partial charge in [-0.15, -0.1) is 0 Å². The highest BCUT2D eigenvalue weighted by Gasteiger charge is 2.52. The van der Waals surface area contributed by atoms with E-state index in [2.05, 4.69) is 78.0 Å². The van der Waals surface area contributed by atoms with Crippen molar-refractivity contribution < 1.29 is 27.9 Å². The van der Waals surface area contributed by atoms with Gasteiger partial charge in [-0.25, -0.2) is 4.79 Å². The largest absolute Gasteiger partial charge is 0.465 e. The van der Waals surface area contributed by atoms with Gasteiger partial charge < -0.3 is 23.6 Å². The first-order valence-corrected chi connectivity index (χ1v) is 19.0. The molecule has 216 valence electrons. The highest BCUT2D eigenvalue weighted by atomic mass is 28.4. The molecule has 1 fully saturated rings. The minimum Gasteiger partial charge on any atom is -0.465 e. The summed E-state index contributed by atoms with van der Waals surface area (Å²) in [5, 5.41) is 2.44. The van der Waals surface area contributed by atoms with Gasteiger partial charge in [0.1, 0.15) is 24.8 Å². The molecule has 10 nitrogen and oxygen atoms in total. The van der Waals surface area contributed by atoms with E-state index in [9.17, 15) is 14.4 Å². The number of amides is 1. The first-order valence-electron chi connectivity index (χ1n) is 13.1. The standard InChI is InChI=1S/C26H47N3O7Si2/c1-17(30)27-21-13-14-29(24(32)28-21)23-19(15-33-18(2)31)22(36-38(11,12)26(6,7)8)20(35-23)16-34-37(9,10)25(3,4)5/h13-14,19-20,22-23H,15-16H2,1-12H3,(H,27,28,30,32)/t19-,20-,22+,23-/m1/s1. The van der Waals surface area contributed by atoms with Crippen LogP contribution < -0.4 is 11.0 Å². The average molecular weight is 570 g/mol.